The molecule has 0 spiro atoms. The van der Waals surface area contributed by atoms with Crippen LogP contribution in [0.25, 0.3) is 0 Å². The Kier molecular flexibility index (Phi) is 5.12. The summed E-state index contributed by atoms with van der Waals surface area (Å²) in [6, 6.07) is 7.01. The molecule has 96 valence electrons. The van der Waals surface area contributed by atoms with Crippen LogP contribution in [0.2, 0.25) is 0 Å². The van der Waals surface area contributed by atoms with E-state index in [1.54, 1.807) is 0 Å². The Morgan fingerprint density at radius 3 is 2.35 bits per heavy atom. The van der Waals surface area contributed by atoms with Crippen LogP contribution in [-0.2, 0) is 11.8 Å². The standard InChI is InChI=1S/C16H26S/c1-6-13-7-8-14(16(3,4)5)11-15(13)12(2)9-10-17/h7-8,11-12,17H,6,9-10H2,1-5H3. The van der Waals surface area contributed by atoms with Gasteiger partial charge in [-0.15, -0.1) is 0 Å². The molecule has 1 aromatic carbocycles. The van der Waals surface area contributed by atoms with Crippen molar-refractivity contribution in [3.05, 3.63) is 34.9 Å². The van der Waals surface area contributed by atoms with Crippen LogP contribution in [0.15, 0.2) is 18.2 Å². The van der Waals surface area contributed by atoms with Gasteiger partial charge in [0.25, 0.3) is 0 Å². The molecular formula is C16H26S. The van der Waals surface area contributed by atoms with Gasteiger partial charge in [0.15, 0.2) is 0 Å². The molecule has 0 amide bonds. The molecule has 0 aromatic heterocycles. The second-order valence-electron chi connectivity index (χ2n) is 5.93. The minimum Gasteiger partial charge on any atom is -0.179 e. The summed E-state index contributed by atoms with van der Waals surface area (Å²) >= 11 is 4.36. The molecule has 1 atom stereocenters. The third-order valence-electron chi connectivity index (χ3n) is 3.49. The summed E-state index contributed by atoms with van der Waals surface area (Å²) in [6.45, 7) is 11.4. The Bertz CT molecular complexity index is 360. The highest BCUT2D eigenvalue weighted by Gasteiger charge is 2.17. The van der Waals surface area contributed by atoms with E-state index < -0.39 is 0 Å². The van der Waals surface area contributed by atoms with Crippen molar-refractivity contribution in [1.29, 1.82) is 0 Å². The van der Waals surface area contributed by atoms with Gasteiger partial charge < -0.3 is 0 Å². The van der Waals surface area contributed by atoms with Gasteiger partial charge in [-0.3, -0.25) is 0 Å². The molecule has 0 aliphatic heterocycles. The van der Waals surface area contributed by atoms with E-state index in [0.717, 1.165) is 18.6 Å². The first-order valence-corrected chi connectivity index (χ1v) is 7.27. The van der Waals surface area contributed by atoms with E-state index in [9.17, 15) is 0 Å². The number of thiol groups is 1. The summed E-state index contributed by atoms with van der Waals surface area (Å²) < 4.78 is 0. The summed E-state index contributed by atoms with van der Waals surface area (Å²) in [5.41, 5.74) is 4.69. The van der Waals surface area contributed by atoms with E-state index in [0.29, 0.717) is 5.92 Å². The monoisotopic (exact) mass is 250 g/mol. The van der Waals surface area contributed by atoms with Gasteiger partial charge in [-0.05, 0) is 46.6 Å². The maximum atomic E-state index is 4.36. The molecular weight excluding hydrogens is 224 g/mol. The van der Waals surface area contributed by atoms with Crippen LogP contribution in [0.1, 0.15) is 63.6 Å². The Balaban J connectivity index is 3.15. The maximum absolute atomic E-state index is 4.36. The van der Waals surface area contributed by atoms with Crippen molar-refractivity contribution >= 4 is 12.6 Å². The lowest BCUT2D eigenvalue weighted by Crippen LogP contribution is -2.13. The molecule has 0 nitrogen and oxygen atoms in total. The van der Waals surface area contributed by atoms with Crippen LogP contribution < -0.4 is 0 Å². The SMILES string of the molecule is CCc1ccc(C(C)(C)C)cc1C(C)CCS. The zero-order chi connectivity index (χ0) is 13.1. The zero-order valence-electron chi connectivity index (χ0n) is 11.9. The van der Waals surface area contributed by atoms with Gasteiger partial charge in [0.1, 0.15) is 0 Å². The highest BCUT2D eigenvalue weighted by Crippen LogP contribution is 2.30. The molecule has 0 saturated heterocycles. The summed E-state index contributed by atoms with van der Waals surface area (Å²) in [5, 5.41) is 0. The molecule has 0 aliphatic rings. The predicted octanol–water partition coefficient (Wildman–Crippen LogP) is 4.97. The Morgan fingerprint density at radius 1 is 1.24 bits per heavy atom. The maximum Gasteiger partial charge on any atom is -0.00922 e. The van der Waals surface area contributed by atoms with Gasteiger partial charge in [-0.25, -0.2) is 0 Å². The van der Waals surface area contributed by atoms with Crippen molar-refractivity contribution in [3.63, 3.8) is 0 Å². The van der Waals surface area contributed by atoms with Crippen LogP contribution in [-0.4, -0.2) is 5.75 Å². The molecule has 0 saturated carbocycles. The second-order valence-corrected chi connectivity index (χ2v) is 6.38. The van der Waals surface area contributed by atoms with E-state index in [1.807, 2.05) is 0 Å². The Morgan fingerprint density at radius 2 is 1.88 bits per heavy atom. The first-order valence-electron chi connectivity index (χ1n) is 6.64. The minimum atomic E-state index is 0.238. The topological polar surface area (TPSA) is 0 Å². The van der Waals surface area contributed by atoms with Gasteiger partial charge in [0.2, 0.25) is 0 Å². The molecule has 0 heterocycles. The fraction of sp³-hybridized carbons (Fsp3) is 0.625. The van der Waals surface area contributed by atoms with E-state index >= 15 is 0 Å². The average Bonchev–Trinajstić information content (AvgIpc) is 2.27. The highest BCUT2D eigenvalue weighted by molar-refractivity contribution is 7.80. The van der Waals surface area contributed by atoms with Crippen LogP contribution in [0.3, 0.4) is 0 Å². The van der Waals surface area contributed by atoms with Crippen molar-refractivity contribution in [1.82, 2.24) is 0 Å². The lowest BCUT2D eigenvalue weighted by molar-refractivity contribution is 0.587. The largest absolute Gasteiger partial charge is 0.179 e. The quantitative estimate of drug-likeness (QED) is 0.717. The van der Waals surface area contributed by atoms with Gasteiger partial charge in [0.05, 0.1) is 0 Å². The predicted molar refractivity (Wildman–Crippen MR) is 81.4 cm³/mol. The van der Waals surface area contributed by atoms with Gasteiger partial charge >= 0.3 is 0 Å². The molecule has 17 heavy (non-hydrogen) atoms. The van der Waals surface area contributed by atoms with Crippen molar-refractivity contribution < 1.29 is 0 Å². The highest BCUT2D eigenvalue weighted by atomic mass is 32.1. The summed E-state index contributed by atoms with van der Waals surface area (Å²) in [4.78, 5) is 0. The van der Waals surface area contributed by atoms with Crippen molar-refractivity contribution in [2.24, 2.45) is 0 Å². The van der Waals surface area contributed by atoms with Crippen LogP contribution >= 0.6 is 12.6 Å². The smallest absolute Gasteiger partial charge is 0.00922 e. The summed E-state index contributed by atoms with van der Waals surface area (Å²) in [7, 11) is 0. The molecule has 1 aromatic rings. The van der Waals surface area contributed by atoms with Gasteiger partial charge in [-0.1, -0.05) is 52.8 Å². The van der Waals surface area contributed by atoms with Crippen LogP contribution in [0, 0.1) is 0 Å². The molecule has 0 aliphatic carbocycles. The zero-order valence-corrected chi connectivity index (χ0v) is 12.8. The normalized spacial score (nSPS) is 13.8. The number of hydrogen-bond donors (Lipinski definition) is 1. The number of hydrogen-bond acceptors (Lipinski definition) is 1. The average molecular weight is 250 g/mol. The molecule has 0 bridgehead atoms. The van der Waals surface area contributed by atoms with Gasteiger partial charge in [-0.2, -0.15) is 12.6 Å². The first-order chi connectivity index (χ1) is 7.90. The molecule has 0 fully saturated rings. The minimum absolute atomic E-state index is 0.238. The van der Waals surface area contributed by atoms with Gasteiger partial charge in [0, 0.05) is 0 Å². The number of aryl methyl sites for hydroxylation is 1. The van der Waals surface area contributed by atoms with Crippen molar-refractivity contribution in [3.8, 4) is 0 Å². The van der Waals surface area contributed by atoms with E-state index in [2.05, 4.69) is 65.4 Å². The van der Waals surface area contributed by atoms with Crippen molar-refractivity contribution in [2.75, 3.05) is 5.75 Å². The van der Waals surface area contributed by atoms with Crippen molar-refractivity contribution in [2.45, 2.75) is 58.8 Å². The second kappa shape index (κ2) is 5.95. The fourth-order valence-corrected chi connectivity index (χ4v) is 2.58. The molecule has 1 heteroatoms. The third-order valence-corrected chi connectivity index (χ3v) is 3.74. The Labute approximate surface area is 112 Å². The van der Waals surface area contributed by atoms with E-state index in [-0.39, 0.29) is 5.41 Å². The van der Waals surface area contributed by atoms with E-state index in [4.69, 9.17) is 0 Å². The van der Waals surface area contributed by atoms with Crippen LogP contribution in [0.5, 0.6) is 0 Å². The molecule has 0 N–H and O–H groups in total. The lowest BCUT2D eigenvalue weighted by atomic mass is 9.82. The molecule has 1 rings (SSSR count). The third kappa shape index (κ3) is 3.77. The number of benzene rings is 1. The summed E-state index contributed by atoms with van der Waals surface area (Å²) in [5.74, 6) is 1.58. The van der Waals surface area contributed by atoms with E-state index in [1.165, 1.54) is 16.7 Å². The molecule has 0 radical (unpaired) electrons. The summed E-state index contributed by atoms with van der Waals surface area (Å²) in [6.07, 6.45) is 2.28. The fourth-order valence-electron chi connectivity index (χ4n) is 2.19. The molecule has 1 unspecified atom stereocenters. The first kappa shape index (κ1) is 14.6. The lowest BCUT2D eigenvalue weighted by Gasteiger charge is -2.23. The van der Waals surface area contributed by atoms with Crippen LogP contribution in [0.4, 0.5) is 0 Å². The number of rotatable bonds is 4. The Hall–Kier alpha value is -0.430.